The number of halogens is 1. The van der Waals surface area contributed by atoms with E-state index in [1.54, 1.807) is 48.0 Å². The molecule has 168 valence electrons. The molecule has 4 rings (SSSR count). The van der Waals surface area contributed by atoms with Crippen LogP contribution in [0.25, 0.3) is 0 Å². The average Bonchev–Trinajstić information content (AvgIpc) is 3.33. The third kappa shape index (κ3) is 3.52. The van der Waals surface area contributed by atoms with Gasteiger partial charge in [-0.15, -0.1) is 11.8 Å². The van der Waals surface area contributed by atoms with E-state index >= 15 is 0 Å². The number of nitrogens with zero attached hydrogens (tertiary/aromatic N) is 1. The second kappa shape index (κ2) is 8.64. The van der Waals surface area contributed by atoms with Crippen LogP contribution in [0.3, 0.4) is 0 Å². The zero-order chi connectivity index (χ0) is 22.3. The number of unbranched alkanes of at least 4 members (excludes halogenated alkanes) is 1. The first-order chi connectivity index (χ1) is 14.8. The lowest BCUT2D eigenvalue weighted by Gasteiger charge is -2.38. The summed E-state index contributed by atoms with van der Waals surface area (Å²) in [6, 6.07) is 6.21. The number of aliphatic hydroxyl groups excluding tert-OH is 1. The Morgan fingerprint density at radius 1 is 1.26 bits per heavy atom. The van der Waals surface area contributed by atoms with Crippen molar-refractivity contribution in [3.05, 3.63) is 29.3 Å². The maximum Gasteiger partial charge on any atom is 0.248 e. The van der Waals surface area contributed by atoms with E-state index in [-0.39, 0.29) is 35.5 Å². The van der Waals surface area contributed by atoms with Crippen molar-refractivity contribution in [2.45, 2.75) is 42.2 Å². The summed E-state index contributed by atoms with van der Waals surface area (Å²) in [6.07, 6.45) is 1.96. The van der Waals surface area contributed by atoms with Gasteiger partial charge in [0.2, 0.25) is 17.7 Å². The smallest absolute Gasteiger partial charge is 0.248 e. The largest absolute Gasteiger partial charge is 0.396 e. The summed E-state index contributed by atoms with van der Waals surface area (Å²) in [7, 11) is 1.60. The molecule has 3 heterocycles. The van der Waals surface area contributed by atoms with E-state index in [9.17, 15) is 19.5 Å². The molecule has 1 spiro atoms. The van der Waals surface area contributed by atoms with Gasteiger partial charge in [-0.25, -0.2) is 0 Å². The van der Waals surface area contributed by atoms with Crippen molar-refractivity contribution >= 4 is 46.8 Å². The molecule has 0 aliphatic carbocycles. The number of thioether (sulfide) groups is 1. The van der Waals surface area contributed by atoms with Crippen molar-refractivity contribution in [1.29, 1.82) is 0 Å². The summed E-state index contributed by atoms with van der Waals surface area (Å²) in [5.74, 6) is -1.29. The van der Waals surface area contributed by atoms with E-state index in [0.717, 1.165) is 6.42 Å². The summed E-state index contributed by atoms with van der Waals surface area (Å²) in [5, 5.41) is 15.5. The Balaban J connectivity index is 1.70. The molecule has 6 atom stereocenters. The van der Waals surface area contributed by atoms with Crippen LogP contribution in [0, 0.1) is 17.8 Å². The van der Waals surface area contributed by atoms with Gasteiger partial charge in [0.15, 0.2) is 0 Å². The molecule has 7 nitrogen and oxygen atoms in total. The van der Waals surface area contributed by atoms with E-state index in [2.05, 4.69) is 17.6 Å². The highest BCUT2D eigenvalue weighted by atomic mass is 35.5. The number of fused-ring (bicyclic) bond motifs is 1. The van der Waals surface area contributed by atoms with E-state index < -0.39 is 22.6 Å². The van der Waals surface area contributed by atoms with E-state index in [4.69, 9.17) is 11.6 Å². The van der Waals surface area contributed by atoms with Gasteiger partial charge in [-0.2, -0.15) is 0 Å². The zero-order valence-corrected chi connectivity index (χ0v) is 19.2. The first-order valence-electron chi connectivity index (χ1n) is 10.7. The standard InChI is InChI=1S/C22H28ClN3O4S/c1-12-11-15-16(19(28)24-2)17-21(30)26(9-3-4-10-27)18(22(12,17)31-15)20(29)25-14-7-5-13(23)6-8-14/h5-8,12,15-18,27H,3-4,9-11H2,1-2H3,(H,24,28)(H,25,29)/t12?,15-,16+,17-,18?,22?/m0/s1. The first kappa shape index (κ1) is 22.4. The monoisotopic (exact) mass is 465 g/mol. The number of carbonyl (C=O) groups excluding carboxylic acids is 3. The number of aliphatic hydroxyl groups is 1. The fraction of sp³-hybridized carbons (Fsp3) is 0.591. The summed E-state index contributed by atoms with van der Waals surface area (Å²) < 4.78 is -0.630. The van der Waals surface area contributed by atoms with Crippen LogP contribution >= 0.6 is 23.4 Å². The number of anilines is 1. The predicted octanol–water partition coefficient (Wildman–Crippen LogP) is 2.13. The minimum atomic E-state index is -0.668. The van der Waals surface area contributed by atoms with Crippen molar-refractivity contribution in [2.75, 3.05) is 25.5 Å². The van der Waals surface area contributed by atoms with Crippen molar-refractivity contribution in [3.8, 4) is 0 Å². The van der Waals surface area contributed by atoms with Crippen LogP contribution < -0.4 is 10.6 Å². The number of nitrogens with one attached hydrogen (secondary N) is 2. The fourth-order valence-corrected chi connectivity index (χ4v) is 8.21. The number of hydrogen-bond acceptors (Lipinski definition) is 5. The molecule has 9 heteroatoms. The topological polar surface area (TPSA) is 98.7 Å². The predicted molar refractivity (Wildman–Crippen MR) is 121 cm³/mol. The van der Waals surface area contributed by atoms with Gasteiger partial charge in [0.05, 0.1) is 16.6 Å². The second-order valence-corrected chi connectivity index (χ2v) is 10.6. The second-order valence-electron chi connectivity index (χ2n) is 8.63. The molecule has 3 aliphatic heterocycles. The van der Waals surface area contributed by atoms with Gasteiger partial charge < -0.3 is 20.6 Å². The number of benzene rings is 1. The molecule has 0 saturated carbocycles. The first-order valence-corrected chi connectivity index (χ1v) is 12.0. The fourth-order valence-electron chi connectivity index (χ4n) is 5.66. The summed E-state index contributed by atoms with van der Waals surface area (Å²) in [4.78, 5) is 41.6. The van der Waals surface area contributed by atoms with Crippen LogP contribution in [-0.4, -0.2) is 64.0 Å². The third-order valence-electron chi connectivity index (χ3n) is 6.96. The van der Waals surface area contributed by atoms with Gasteiger partial charge in [-0.1, -0.05) is 18.5 Å². The lowest BCUT2D eigenvalue weighted by atomic mass is 9.66. The van der Waals surface area contributed by atoms with E-state index in [0.29, 0.717) is 30.1 Å². The lowest BCUT2D eigenvalue weighted by Crippen LogP contribution is -2.55. The molecular weight excluding hydrogens is 438 g/mol. The third-order valence-corrected chi connectivity index (χ3v) is 9.29. The Morgan fingerprint density at radius 2 is 1.97 bits per heavy atom. The Kier molecular flexibility index (Phi) is 6.25. The quantitative estimate of drug-likeness (QED) is 0.536. The number of hydrogen-bond donors (Lipinski definition) is 3. The SMILES string of the molecule is CNC(=O)[C@@H]1[C@@H]2CC(C)C3(S2)C(C(=O)Nc2ccc(Cl)cc2)N(CCCCO)C(=O)[C@H]13. The van der Waals surface area contributed by atoms with Gasteiger partial charge in [-0.05, 0) is 49.4 Å². The Bertz CT molecular complexity index is 882. The van der Waals surface area contributed by atoms with Crippen LogP contribution in [0.2, 0.25) is 5.02 Å². The average molecular weight is 466 g/mol. The molecule has 3 N–H and O–H groups in total. The van der Waals surface area contributed by atoms with Crippen molar-refractivity contribution in [2.24, 2.45) is 17.8 Å². The zero-order valence-electron chi connectivity index (χ0n) is 17.6. The highest BCUT2D eigenvalue weighted by Crippen LogP contribution is 2.68. The van der Waals surface area contributed by atoms with Gasteiger partial charge in [-0.3, -0.25) is 14.4 Å². The Morgan fingerprint density at radius 3 is 2.61 bits per heavy atom. The molecule has 0 radical (unpaired) electrons. The summed E-state index contributed by atoms with van der Waals surface area (Å²) in [5.41, 5.74) is 0.616. The minimum Gasteiger partial charge on any atom is -0.396 e. The molecule has 3 saturated heterocycles. The molecule has 3 fully saturated rings. The van der Waals surface area contributed by atoms with Crippen molar-refractivity contribution in [1.82, 2.24) is 10.2 Å². The summed E-state index contributed by atoms with van der Waals surface area (Å²) >= 11 is 7.61. The highest BCUT2D eigenvalue weighted by molar-refractivity contribution is 8.02. The van der Waals surface area contributed by atoms with Gasteiger partial charge in [0.1, 0.15) is 6.04 Å². The minimum absolute atomic E-state index is 0.0341. The maximum atomic E-state index is 13.6. The number of rotatable bonds is 7. The number of likely N-dealkylation sites (tertiary alicyclic amines) is 1. The molecule has 3 aliphatic rings. The van der Waals surface area contributed by atoms with E-state index in [1.165, 1.54) is 0 Å². The van der Waals surface area contributed by atoms with Crippen LogP contribution in [0.1, 0.15) is 26.2 Å². The molecular formula is C22H28ClN3O4S. The normalized spacial score (nSPS) is 33.5. The van der Waals surface area contributed by atoms with E-state index in [1.807, 2.05) is 0 Å². The van der Waals surface area contributed by atoms with Crippen LogP contribution in [-0.2, 0) is 14.4 Å². The highest BCUT2D eigenvalue weighted by Gasteiger charge is 2.75. The molecule has 3 unspecified atom stereocenters. The molecule has 0 aromatic heterocycles. The van der Waals surface area contributed by atoms with Crippen molar-refractivity contribution < 1.29 is 19.5 Å². The lowest BCUT2D eigenvalue weighted by molar-refractivity contribution is -0.139. The van der Waals surface area contributed by atoms with Crippen molar-refractivity contribution in [3.63, 3.8) is 0 Å². The van der Waals surface area contributed by atoms with Crippen LogP contribution in [0.5, 0.6) is 0 Å². The number of amides is 3. The molecule has 1 aromatic carbocycles. The number of carbonyl (C=O) groups is 3. The van der Waals surface area contributed by atoms with Gasteiger partial charge >= 0.3 is 0 Å². The molecule has 31 heavy (non-hydrogen) atoms. The molecule has 2 bridgehead atoms. The van der Waals surface area contributed by atoms with Crippen LogP contribution in [0.15, 0.2) is 24.3 Å². The molecule has 3 amide bonds. The Hall–Kier alpha value is -1.77. The maximum absolute atomic E-state index is 13.6. The van der Waals surface area contributed by atoms with Gasteiger partial charge in [0.25, 0.3) is 0 Å². The summed E-state index contributed by atoms with van der Waals surface area (Å²) in [6.45, 7) is 2.51. The molecule has 1 aromatic rings. The van der Waals surface area contributed by atoms with Gasteiger partial charge in [0, 0.05) is 36.2 Å². The van der Waals surface area contributed by atoms with Crippen LogP contribution in [0.4, 0.5) is 5.69 Å². The Labute approximate surface area is 191 Å².